The molecular weight excluding hydrogens is 388 g/mol. The Kier molecular flexibility index (Phi) is 5.60. The fourth-order valence-corrected chi connectivity index (χ4v) is 3.56. The van der Waals surface area contributed by atoms with Crippen molar-refractivity contribution in [2.24, 2.45) is 0 Å². The number of rotatable bonds is 5. The molecule has 7 heteroatoms. The quantitative estimate of drug-likeness (QED) is 0.501. The van der Waals surface area contributed by atoms with E-state index >= 15 is 0 Å². The van der Waals surface area contributed by atoms with Crippen LogP contribution in [-0.4, -0.2) is 51.5 Å². The number of hydrogen-bond acceptors (Lipinski definition) is 6. The SMILES string of the molecule is CCN(C(=O)c1cccc(-c2ccc3nc(N)nc(-c4ccccc4)c3n2)c1)N(C)C. The number of nitrogens with two attached hydrogens (primary N) is 1. The van der Waals surface area contributed by atoms with Gasteiger partial charge >= 0.3 is 0 Å². The van der Waals surface area contributed by atoms with Gasteiger partial charge in [-0.3, -0.25) is 9.80 Å². The summed E-state index contributed by atoms with van der Waals surface area (Å²) in [7, 11) is 3.71. The largest absolute Gasteiger partial charge is 0.368 e. The standard InChI is InChI=1S/C24H24N6O/c1-4-30(29(2)3)23(31)18-12-8-11-17(15-18)19-13-14-20-22(26-19)21(28-24(25)27-20)16-9-6-5-7-10-16/h5-15H,4H2,1-3H3,(H2,25,27,28). The molecule has 0 aliphatic rings. The van der Waals surface area contributed by atoms with E-state index in [0.29, 0.717) is 28.8 Å². The first-order valence-corrected chi connectivity index (χ1v) is 10.1. The van der Waals surface area contributed by atoms with Crippen molar-refractivity contribution >= 4 is 22.9 Å². The van der Waals surface area contributed by atoms with E-state index < -0.39 is 0 Å². The van der Waals surface area contributed by atoms with Crippen molar-refractivity contribution in [1.82, 2.24) is 25.0 Å². The molecule has 0 radical (unpaired) electrons. The zero-order valence-electron chi connectivity index (χ0n) is 17.8. The number of hydrogen-bond donors (Lipinski definition) is 1. The number of hydrazine groups is 1. The van der Waals surface area contributed by atoms with Gasteiger partial charge in [-0.05, 0) is 31.2 Å². The van der Waals surface area contributed by atoms with E-state index in [2.05, 4.69) is 9.97 Å². The number of nitrogens with zero attached hydrogens (tertiary/aromatic N) is 5. The Hall–Kier alpha value is -3.84. The summed E-state index contributed by atoms with van der Waals surface area (Å²) in [6, 6.07) is 21.0. The van der Waals surface area contributed by atoms with Gasteiger partial charge in [0.25, 0.3) is 5.91 Å². The van der Waals surface area contributed by atoms with Crippen molar-refractivity contribution in [3.8, 4) is 22.5 Å². The lowest BCUT2D eigenvalue weighted by molar-refractivity contribution is 0.0230. The van der Waals surface area contributed by atoms with Crippen molar-refractivity contribution in [3.63, 3.8) is 0 Å². The molecule has 0 unspecified atom stereocenters. The van der Waals surface area contributed by atoms with E-state index in [1.54, 1.807) is 10.0 Å². The predicted molar refractivity (Wildman–Crippen MR) is 123 cm³/mol. The van der Waals surface area contributed by atoms with E-state index in [1.807, 2.05) is 87.7 Å². The molecule has 1 amide bonds. The summed E-state index contributed by atoms with van der Waals surface area (Å²) in [5, 5.41) is 3.47. The highest BCUT2D eigenvalue weighted by Crippen LogP contribution is 2.28. The minimum absolute atomic E-state index is 0.0591. The maximum absolute atomic E-state index is 12.9. The van der Waals surface area contributed by atoms with Crippen molar-refractivity contribution < 1.29 is 4.79 Å². The van der Waals surface area contributed by atoms with E-state index in [9.17, 15) is 4.79 Å². The highest BCUT2D eigenvalue weighted by atomic mass is 16.2. The Labute approximate surface area is 181 Å². The first-order chi connectivity index (χ1) is 15.0. The first kappa shape index (κ1) is 20.4. The lowest BCUT2D eigenvalue weighted by Gasteiger charge is -2.27. The van der Waals surface area contributed by atoms with Crippen LogP contribution in [0.3, 0.4) is 0 Å². The van der Waals surface area contributed by atoms with Crippen LogP contribution in [0, 0.1) is 0 Å². The van der Waals surface area contributed by atoms with Gasteiger partial charge in [0.05, 0.1) is 11.2 Å². The number of anilines is 1. The molecule has 4 aromatic rings. The molecule has 2 aromatic heterocycles. The van der Waals surface area contributed by atoms with Crippen LogP contribution in [-0.2, 0) is 0 Å². The third-order valence-corrected chi connectivity index (χ3v) is 5.03. The van der Waals surface area contributed by atoms with E-state index in [0.717, 1.165) is 16.8 Å². The van der Waals surface area contributed by atoms with Gasteiger partial charge in [-0.2, -0.15) is 0 Å². The number of nitrogen functional groups attached to an aromatic ring is 1. The fraction of sp³-hybridized carbons (Fsp3) is 0.167. The summed E-state index contributed by atoms with van der Waals surface area (Å²) in [5.41, 5.74) is 11.1. The van der Waals surface area contributed by atoms with Gasteiger partial charge < -0.3 is 5.73 Å². The highest BCUT2D eigenvalue weighted by molar-refractivity contribution is 5.95. The zero-order chi connectivity index (χ0) is 22.0. The summed E-state index contributed by atoms with van der Waals surface area (Å²) in [6.07, 6.45) is 0. The average molecular weight is 412 g/mol. The van der Waals surface area contributed by atoms with Crippen LogP contribution < -0.4 is 5.73 Å². The lowest BCUT2D eigenvalue weighted by atomic mass is 10.1. The Morgan fingerprint density at radius 1 is 0.903 bits per heavy atom. The molecule has 2 heterocycles. The summed E-state index contributed by atoms with van der Waals surface area (Å²) in [5.74, 6) is 0.146. The summed E-state index contributed by atoms with van der Waals surface area (Å²) in [4.78, 5) is 26.5. The van der Waals surface area contributed by atoms with Crippen molar-refractivity contribution in [2.75, 3.05) is 26.4 Å². The van der Waals surface area contributed by atoms with Gasteiger partial charge in [0.15, 0.2) is 0 Å². The molecule has 0 fully saturated rings. The van der Waals surface area contributed by atoms with Gasteiger partial charge in [-0.25, -0.2) is 20.0 Å². The zero-order valence-corrected chi connectivity index (χ0v) is 17.8. The molecule has 31 heavy (non-hydrogen) atoms. The van der Waals surface area contributed by atoms with Crippen LogP contribution in [0.1, 0.15) is 17.3 Å². The summed E-state index contributed by atoms with van der Waals surface area (Å²) >= 11 is 0. The minimum atomic E-state index is -0.0591. The Morgan fingerprint density at radius 2 is 1.65 bits per heavy atom. The van der Waals surface area contributed by atoms with Gasteiger partial charge in [-0.15, -0.1) is 0 Å². The van der Waals surface area contributed by atoms with Crippen LogP contribution >= 0.6 is 0 Å². The summed E-state index contributed by atoms with van der Waals surface area (Å²) in [6.45, 7) is 2.53. The van der Waals surface area contributed by atoms with Crippen molar-refractivity contribution in [1.29, 1.82) is 0 Å². The topological polar surface area (TPSA) is 88.2 Å². The second kappa shape index (κ2) is 8.49. The minimum Gasteiger partial charge on any atom is -0.368 e. The molecule has 2 aromatic carbocycles. The van der Waals surface area contributed by atoms with Crippen LogP contribution in [0.25, 0.3) is 33.5 Å². The molecule has 7 nitrogen and oxygen atoms in total. The molecule has 0 saturated heterocycles. The molecule has 2 N–H and O–H groups in total. The van der Waals surface area contributed by atoms with Gasteiger partial charge in [-0.1, -0.05) is 42.5 Å². The number of carbonyl (C=O) groups is 1. The first-order valence-electron chi connectivity index (χ1n) is 10.1. The molecule has 0 saturated carbocycles. The van der Waals surface area contributed by atoms with Crippen LogP contribution in [0.2, 0.25) is 0 Å². The Balaban J connectivity index is 1.81. The maximum atomic E-state index is 12.9. The van der Waals surface area contributed by atoms with Crippen LogP contribution in [0.4, 0.5) is 5.95 Å². The normalized spacial score (nSPS) is 11.1. The van der Waals surface area contributed by atoms with Crippen LogP contribution in [0.5, 0.6) is 0 Å². The molecule has 156 valence electrons. The van der Waals surface area contributed by atoms with E-state index in [-0.39, 0.29) is 11.9 Å². The number of pyridine rings is 1. The van der Waals surface area contributed by atoms with Gasteiger partial charge in [0.2, 0.25) is 5.95 Å². The number of fused-ring (bicyclic) bond motifs is 1. The lowest BCUT2D eigenvalue weighted by Crippen LogP contribution is -2.41. The number of amides is 1. The predicted octanol–water partition coefficient (Wildman–Crippen LogP) is 3.88. The van der Waals surface area contributed by atoms with Crippen molar-refractivity contribution in [3.05, 3.63) is 72.3 Å². The van der Waals surface area contributed by atoms with E-state index in [4.69, 9.17) is 10.7 Å². The number of benzene rings is 2. The third-order valence-electron chi connectivity index (χ3n) is 5.03. The smallest absolute Gasteiger partial charge is 0.268 e. The van der Waals surface area contributed by atoms with Crippen molar-refractivity contribution in [2.45, 2.75) is 6.92 Å². The molecular formula is C24H24N6O. The fourth-order valence-electron chi connectivity index (χ4n) is 3.56. The molecule has 0 spiro atoms. The monoisotopic (exact) mass is 412 g/mol. The number of aromatic nitrogens is 3. The van der Waals surface area contributed by atoms with Gasteiger partial charge in [0, 0.05) is 37.3 Å². The molecule has 0 atom stereocenters. The van der Waals surface area contributed by atoms with Gasteiger partial charge in [0.1, 0.15) is 11.2 Å². The highest BCUT2D eigenvalue weighted by Gasteiger charge is 2.17. The Bertz CT molecular complexity index is 1240. The van der Waals surface area contributed by atoms with Crippen LogP contribution in [0.15, 0.2) is 66.7 Å². The third kappa shape index (κ3) is 4.08. The summed E-state index contributed by atoms with van der Waals surface area (Å²) < 4.78 is 0. The Morgan fingerprint density at radius 3 is 2.35 bits per heavy atom. The maximum Gasteiger partial charge on any atom is 0.268 e. The second-order valence-electron chi connectivity index (χ2n) is 7.31. The molecule has 0 aliphatic carbocycles. The number of carbonyl (C=O) groups excluding carboxylic acids is 1. The molecule has 0 aliphatic heterocycles. The molecule has 4 rings (SSSR count). The van der Waals surface area contributed by atoms with E-state index in [1.165, 1.54) is 0 Å². The average Bonchev–Trinajstić information content (AvgIpc) is 2.79. The molecule has 0 bridgehead atoms. The second-order valence-corrected chi connectivity index (χ2v) is 7.31.